The van der Waals surface area contributed by atoms with Crippen LogP contribution in [0.5, 0.6) is 0 Å². The summed E-state index contributed by atoms with van der Waals surface area (Å²) in [6, 6.07) is 11.4. The fourth-order valence-corrected chi connectivity index (χ4v) is 4.08. The highest BCUT2D eigenvalue weighted by Crippen LogP contribution is 2.42. The Morgan fingerprint density at radius 1 is 1.11 bits per heavy atom. The van der Waals surface area contributed by atoms with E-state index in [1.165, 1.54) is 0 Å². The van der Waals surface area contributed by atoms with Crippen molar-refractivity contribution in [2.24, 2.45) is 0 Å². The predicted molar refractivity (Wildman–Crippen MR) is 108 cm³/mol. The summed E-state index contributed by atoms with van der Waals surface area (Å²) in [6.45, 7) is 5.71. The molecular formula is C23H24N2O3. The average Bonchev–Trinajstić information content (AvgIpc) is 3.08. The molecule has 1 aromatic carbocycles. The molecule has 1 aromatic heterocycles. The zero-order chi connectivity index (χ0) is 19.8. The van der Waals surface area contributed by atoms with Crippen molar-refractivity contribution in [1.82, 2.24) is 5.32 Å². The van der Waals surface area contributed by atoms with E-state index in [9.17, 15) is 9.59 Å². The largest absolute Gasteiger partial charge is 0.465 e. The number of hydrogen-bond acceptors (Lipinski definition) is 4. The van der Waals surface area contributed by atoms with Gasteiger partial charge in [-0.2, -0.15) is 0 Å². The third kappa shape index (κ3) is 3.17. The number of benzene rings is 1. The third-order valence-corrected chi connectivity index (χ3v) is 5.46. The lowest BCUT2D eigenvalue weighted by atomic mass is 9.77. The van der Waals surface area contributed by atoms with Crippen molar-refractivity contribution in [2.45, 2.75) is 46.0 Å². The Bertz CT molecular complexity index is 1030. The molecule has 0 saturated carbocycles. The van der Waals surface area contributed by atoms with Gasteiger partial charge in [0.25, 0.3) is 5.91 Å². The number of anilines is 1. The predicted octanol–water partition coefficient (Wildman–Crippen LogP) is 4.50. The number of ketones is 1. The number of carbonyl (C=O) groups excluding carboxylic acids is 2. The molecule has 0 fully saturated rings. The van der Waals surface area contributed by atoms with E-state index in [2.05, 4.69) is 10.6 Å². The first-order valence-corrected chi connectivity index (χ1v) is 9.63. The van der Waals surface area contributed by atoms with Gasteiger partial charge in [-0.1, -0.05) is 18.2 Å². The molecule has 2 aliphatic rings. The maximum Gasteiger partial charge on any atom is 0.254 e. The second-order valence-corrected chi connectivity index (χ2v) is 7.48. The quantitative estimate of drug-likeness (QED) is 0.827. The van der Waals surface area contributed by atoms with E-state index < -0.39 is 5.92 Å². The summed E-state index contributed by atoms with van der Waals surface area (Å²) in [5, 5.41) is 6.34. The second-order valence-electron chi connectivity index (χ2n) is 7.48. The van der Waals surface area contributed by atoms with Crippen molar-refractivity contribution < 1.29 is 14.0 Å². The van der Waals surface area contributed by atoms with Gasteiger partial charge in [0.15, 0.2) is 5.78 Å². The van der Waals surface area contributed by atoms with E-state index in [1.54, 1.807) is 0 Å². The molecule has 1 aliphatic carbocycles. The molecule has 5 heteroatoms. The molecular weight excluding hydrogens is 352 g/mol. The smallest absolute Gasteiger partial charge is 0.254 e. The van der Waals surface area contributed by atoms with Crippen molar-refractivity contribution in [3.63, 3.8) is 0 Å². The number of carbonyl (C=O) groups is 2. The van der Waals surface area contributed by atoms with Crippen LogP contribution in [0.15, 0.2) is 63.4 Å². The van der Waals surface area contributed by atoms with Crippen LogP contribution >= 0.6 is 0 Å². The molecule has 2 heterocycles. The third-order valence-electron chi connectivity index (χ3n) is 5.46. The Kier molecular flexibility index (Phi) is 4.67. The summed E-state index contributed by atoms with van der Waals surface area (Å²) in [5.41, 5.74) is 4.63. The van der Waals surface area contributed by atoms with Crippen molar-refractivity contribution in [3.05, 3.63) is 76.0 Å². The lowest BCUT2D eigenvalue weighted by Gasteiger charge is -2.33. The summed E-state index contributed by atoms with van der Waals surface area (Å²) in [7, 11) is 0. The standard InChI is InChI=1S/C23H24N2O3/c1-13-7-4-5-8-16(13)25-23(27)20-15(3)24-17-9-6-10-18(26)21(17)22(20)19-12-11-14(2)28-19/h4-5,7-8,11-12,22,24H,6,9-10H2,1-3H3,(H,25,27)/t22-/m1/s1. The lowest BCUT2D eigenvalue weighted by Crippen LogP contribution is -2.35. The molecule has 4 rings (SSSR count). The first-order chi connectivity index (χ1) is 13.5. The SMILES string of the molecule is CC1=C(C(=O)Nc2ccccc2C)[C@@H](c2ccc(C)o2)C2=C(CCCC2=O)N1. The fraction of sp³-hybridized carbons (Fsp3) is 0.304. The number of Topliss-reactive ketones (excluding diaryl/α,β-unsaturated/α-hetero) is 1. The fourth-order valence-electron chi connectivity index (χ4n) is 4.08. The van der Waals surface area contributed by atoms with E-state index in [0.29, 0.717) is 23.3 Å². The van der Waals surface area contributed by atoms with E-state index in [1.807, 2.05) is 57.2 Å². The Labute approximate surface area is 164 Å². The molecule has 0 bridgehead atoms. The van der Waals surface area contributed by atoms with Gasteiger partial charge >= 0.3 is 0 Å². The normalized spacial score (nSPS) is 19.4. The number of aryl methyl sites for hydroxylation is 2. The molecule has 1 aliphatic heterocycles. The maximum atomic E-state index is 13.3. The van der Waals surface area contributed by atoms with Gasteiger partial charge in [0, 0.05) is 29.1 Å². The van der Waals surface area contributed by atoms with Crippen molar-refractivity contribution in [3.8, 4) is 0 Å². The Morgan fingerprint density at radius 2 is 1.89 bits per heavy atom. The zero-order valence-corrected chi connectivity index (χ0v) is 16.4. The van der Waals surface area contributed by atoms with Crippen LogP contribution in [0.3, 0.4) is 0 Å². The van der Waals surface area contributed by atoms with Crippen LogP contribution in [-0.4, -0.2) is 11.7 Å². The number of nitrogens with one attached hydrogen (secondary N) is 2. The molecule has 28 heavy (non-hydrogen) atoms. The molecule has 0 saturated heterocycles. The topological polar surface area (TPSA) is 71.3 Å². The van der Waals surface area contributed by atoms with Crippen LogP contribution in [-0.2, 0) is 9.59 Å². The number of amides is 1. The van der Waals surface area contributed by atoms with Gasteiger partial charge in [0.1, 0.15) is 11.5 Å². The molecule has 2 aromatic rings. The molecule has 5 nitrogen and oxygen atoms in total. The molecule has 2 N–H and O–H groups in total. The van der Waals surface area contributed by atoms with Gasteiger partial charge in [0.2, 0.25) is 0 Å². The average molecular weight is 376 g/mol. The monoisotopic (exact) mass is 376 g/mol. The first-order valence-electron chi connectivity index (χ1n) is 9.63. The highest BCUT2D eigenvalue weighted by Gasteiger charge is 2.40. The van der Waals surface area contributed by atoms with Gasteiger partial charge in [-0.15, -0.1) is 0 Å². The molecule has 1 amide bonds. The Balaban J connectivity index is 1.78. The highest BCUT2D eigenvalue weighted by molar-refractivity contribution is 6.09. The number of dihydropyridines is 1. The first kappa shape index (κ1) is 18.3. The molecule has 0 unspecified atom stereocenters. The molecule has 0 spiro atoms. The van der Waals surface area contributed by atoms with Gasteiger partial charge in [-0.25, -0.2) is 0 Å². The van der Waals surface area contributed by atoms with Crippen molar-refractivity contribution in [2.75, 3.05) is 5.32 Å². The number of para-hydroxylation sites is 1. The van der Waals surface area contributed by atoms with Crippen LogP contribution in [0, 0.1) is 13.8 Å². The van der Waals surface area contributed by atoms with Crippen LogP contribution in [0.25, 0.3) is 0 Å². The molecule has 144 valence electrons. The Morgan fingerprint density at radius 3 is 2.61 bits per heavy atom. The summed E-state index contributed by atoms with van der Waals surface area (Å²) in [5.74, 6) is 0.776. The zero-order valence-electron chi connectivity index (χ0n) is 16.4. The minimum Gasteiger partial charge on any atom is -0.465 e. The van der Waals surface area contributed by atoms with Crippen LogP contribution in [0.1, 0.15) is 49.2 Å². The van der Waals surface area contributed by atoms with Gasteiger partial charge in [0.05, 0.1) is 11.5 Å². The highest BCUT2D eigenvalue weighted by atomic mass is 16.3. The number of furan rings is 1. The van der Waals surface area contributed by atoms with Crippen molar-refractivity contribution in [1.29, 1.82) is 0 Å². The summed E-state index contributed by atoms with van der Waals surface area (Å²) in [4.78, 5) is 26.1. The lowest BCUT2D eigenvalue weighted by molar-refractivity contribution is -0.116. The number of rotatable bonds is 3. The van der Waals surface area contributed by atoms with E-state index in [4.69, 9.17) is 4.42 Å². The van der Waals surface area contributed by atoms with Gasteiger partial charge in [-0.3, -0.25) is 9.59 Å². The maximum absolute atomic E-state index is 13.3. The van der Waals surface area contributed by atoms with Crippen LogP contribution in [0.2, 0.25) is 0 Å². The van der Waals surface area contributed by atoms with E-state index in [0.717, 1.165) is 41.2 Å². The molecule has 0 radical (unpaired) electrons. The number of allylic oxidation sites excluding steroid dienone is 3. The van der Waals surface area contributed by atoms with Gasteiger partial charge < -0.3 is 15.1 Å². The molecule has 1 atom stereocenters. The second kappa shape index (κ2) is 7.15. The van der Waals surface area contributed by atoms with E-state index >= 15 is 0 Å². The minimum atomic E-state index is -0.484. The van der Waals surface area contributed by atoms with Crippen LogP contribution in [0.4, 0.5) is 5.69 Å². The summed E-state index contributed by atoms with van der Waals surface area (Å²) >= 11 is 0. The Hall–Kier alpha value is -3.08. The summed E-state index contributed by atoms with van der Waals surface area (Å²) < 4.78 is 5.89. The van der Waals surface area contributed by atoms with Gasteiger partial charge in [-0.05, 0) is 57.4 Å². The minimum absolute atomic E-state index is 0.0847. The number of hydrogen-bond donors (Lipinski definition) is 2. The van der Waals surface area contributed by atoms with E-state index in [-0.39, 0.29) is 11.7 Å². The summed E-state index contributed by atoms with van der Waals surface area (Å²) in [6.07, 6.45) is 2.14. The van der Waals surface area contributed by atoms with Crippen molar-refractivity contribution >= 4 is 17.4 Å². The van der Waals surface area contributed by atoms with Crippen LogP contribution < -0.4 is 10.6 Å².